The summed E-state index contributed by atoms with van der Waals surface area (Å²) in [6.45, 7) is 0.796. The second-order valence-corrected chi connectivity index (χ2v) is 10.5. The van der Waals surface area contributed by atoms with Gasteiger partial charge in [-0.2, -0.15) is 0 Å². The summed E-state index contributed by atoms with van der Waals surface area (Å²) in [5, 5.41) is 0. The fourth-order valence-electron chi connectivity index (χ4n) is 7.59. The van der Waals surface area contributed by atoms with E-state index in [0.29, 0.717) is 5.92 Å². The Kier molecular flexibility index (Phi) is 5.51. The quantitative estimate of drug-likeness (QED) is 0.630. The minimum Gasteiger partial charge on any atom is -0.330 e. The smallest absolute Gasteiger partial charge is 0.0245 e. The Morgan fingerprint density at radius 2 is 1.50 bits per heavy atom. The molecule has 0 spiro atoms. The summed E-state index contributed by atoms with van der Waals surface area (Å²) in [7, 11) is 0. The standard InChI is InChI=1S/C27H37N/c28-18-24(22-6-2-1-3-7-22)8-4-5-19-9-11-23(12-10-19)27-25-14-20-13-21(16-25)17-26(27)15-20/h9-12,20-22,24-27H,1-3,6-8,13-18,28H2. The highest BCUT2D eigenvalue weighted by molar-refractivity contribution is 5.38. The highest BCUT2D eigenvalue weighted by Gasteiger charge is 2.48. The summed E-state index contributed by atoms with van der Waals surface area (Å²) < 4.78 is 0. The van der Waals surface area contributed by atoms with Crippen LogP contribution in [0.15, 0.2) is 24.3 Å². The van der Waals surface area contributed by atoms with E-state index in [4.69, 9.17) is 5.73 Å². The van der Waals surface area contributed by atoms with Gasteiger partial charge < -0.3 is 5.73 Å². The van der Waals surface area contributed by atoms with Gasteiger partial charge in [-0.05, 0) is 97.8 Å². The van der Waals surface area contributed by atoms with Crippen molar-refractivity contribution >= 4 is 0 Å². The molecule has 1 aromatic rings. The molecule has 1 atom stereocenters. The molecule has 150 valence electrons. The SMILES string of the molecule is NCC(CC#Cc1ccc(C2C3CC4CC(C3)CC2C4)cc1)C1CCCCC1. The molecule has 0 saturated heterocycles. The molecule has 2 N–H and O–H groups in total. The molecule has 5 fully saturated rings. The molecule has 0 radical (unpaired) electrons. The van der Waals surface area contributed by atoms with Crippen LogP contribution in [-0.4, -0.2) is 6.54 Å². The first-order valence-corrected chi connectivity index (χ1v) is 12.1. The summed E-state index contributed by atoms with van der Waals surface area (Å²) in [6.07, 6.45) is 15.4. The summed E-state index contributed by atoms with van der Waals surface area (Å²) in [5.74, 6) is 13.2. The van der Waals surface area contributed by atoms with Gasteiger partial charge in [0.25, 0.3) is 0 Å². The van der Waals surface area contributed by atoms with Crippen LogP contribution in [0.3, 0.4) is 0 Å². The van der Waals surface area contributed by atoms with Crippen LogP contribution >= 0.6 is 0 Å². The molecule has 0 heterocycles. The van der Waals surface area contributed by atoms with E-state index in [9.17, 15) is 0 Å². The minimum atomic E-state index is 0.597. The first-order valence-electron chi connectivity index (χ1n) is 12.1. The molecule has 1 nitrogen and oxygen atoms in total. The Balaban J connectivity index is 1.22. The lowest BCUT2D eigenvalue weighted by Crippen LogP contribution is -2.43. The Hall–Kier alpha value is -1.26. The molecule has 5 aliphatic carbocycles. The fraction of sp³-hybridized carbons (Fsp3) is 0.704. The van der Waals surface area contributed by atoms with E-state index in [1.807, 2.05) is 0 Å². The van der Waals surface area contributed by atoms with E-state index in [2.05, 4.69) is 36.1 Å². The lowest BCUT2D eigenvalue weighted by atomic mass is 9.51. The van der Waals surface area contributed by atoms with Crippen molar-refractivity contribution in [2.24, 2.45) is 41.2 Å². The molecule has 0 aliphatic heterocycles. The van der Waals surface area contributed by atoms with Crippen molar-refractivity contribution in [1.82, 2.24) is 0 Å². The second kappa shape index (κ2) is 8.23. The minimum absolute atomic E-state index is 0.597. The average Bonchev–Trinajstić information content (AvgIpc) is 2.72. The van der Waals surface area contributed by atoms with Crippen molar-refractivity contribution in [3.8, 4) is 11.8 Å². The molecule has 0 aromatic heterocycles. The Labute approximate surface area is 171 Å². The van der Waals surface area contributed by atoms with Crippen molar-refractivity contribution in [3.05, 3.63) is 35.4 Å². The van der Waals surface area contributed by atoms with E-state index in [-0.39, 0.29) is 0 Å². The van der Waals surface area contributed by atoms with Gasteiger partial charge in [0.2, 0.25) is 0 Å². The lowest BCUT2D eigenvalue weighted by Gasteiger charge is -2.54. The summed E-state index contributed by atoms with van der Waals surface area (Å²) in [6, 6.07) is 9.37. The topological polar surface area (TPSA) is 26.0 Å². The van der Waals surface area contributed by atoms with Crippen LogP contribution in [0, 0.1) is 47.3 Å². The van der Waals surface area contributed by atoms with Gasteiger partial charge in [-0.1, -0.05) is 56.1 Å². The zero-order valence-electron chi connectivity index (χ0n) is 17.4. The van der Waals surface area contributed by atoms with E-state index in [1.165, 1.54) is 63.4 Å². The van der Waals surface area contributed by atoms with Crippen LogP contribution in [0.4, 0.5) is 0 Å². The van der Waals surface area contributed by atoms with E-state index >= 15 is 0 Å². The molecule has 0 amide bonds. The number of rotatable bonds is 4. The molecular weight excluding hydrogens is 338 g/mol. The van der Waals surface area contributed by atoms with Gasteiger partial charge in [0.1, 0.15) is 0 Å². The van der Waals surface area contributed by atoms with Gasteiger partial charge in [0, 0.05) is 12.0 Å². The van der Waals surface area contributed by atoms with E-state index < -0.39 is 0 Å². The van der Waals surface area contributed by atoms with Crippen molar-refractivity contribution < 1.29 is 0 Å². The number of hydrogen-bond donors (Lipinski definition) is 1. The maximum Gasteiger partial charge on any atom is 0.0245 e. The average molecular weight is 376 g/mol. The van der Waals surface area contributed by atoms with Crippen molar-refractivity contribution in [2.75, 3.05) is 6.54 Å². The molecule has 5 aliphatic rings. The fourth-order valence-corrected chi connectivity index (χ4v) is 7.59. The molecular formula is C27H37N. The lowest BCUT2D eigenvalue weighted by molar-refractivity contribution is -0.00277. The number of nitrogens with two attached hydrogens (primary N) is 1. The number of hydrogen-bond acceptors (Lipinski definition) is 1. The van der Waals surface area contributed by atoms with Crippen LogP contribution in [0.1, 0.15) is 87.7 Å². The predicted molar refractivity (Wildman–Crippen MR) is 117 cm³/mol. The van der Waals surface area contributed by atoms with Crippen LogP contribution in [0.25, 0.3) is 0 Å². The molecule has 6 rings (SSSR count). The van der Waals surface area contributed by atoms with Gasteiger partial charge in [0.05, 0.1) is 0 Å². The molecule has 5 saturated carbocycles. The monoisotopic (exact) mass is 375 g/mol. The summed E-state index contributed by atoms with van der Waals surface area (Å²) in [4.78, 5) is 0. The van der Waals surface area contributed by atoms with Crippen molar-refractivity contribution in [2.45, 2.75) is 76.5 Å². The predicted octanol–water partition coefficient (Wildman–Crippen LogP) is 6.12. The summed E-state index contributed by atoms with van der Waals surface area (Å²) >= 11 is 0. The third-order valence-electron chi connectivity index (χ3n) is 8.74. The molecule has 28 heavy (non-hydrogen) atoms. The third kappa shape index (κ3) is 3.78. The van der Waals surface area contributed by atoms with Crippen molar-refractivity contribution in [3.63, 3.8) is 0 Å². The van der Waals surface area contributed by atoms with E-state index in [1.54, 1.807) is 12.0 Å². The Bertz CT molecular complexity index is 687. The molecule has 4 bridgehead atoms. The normalized spacial score (nSPS) is 35.4. The van der Waals surface area contributed by atoms with Crippen LogP contribution in [0.5, 0.6) is 0 Å². The zero-order valence-corrected chi connectivity index (χ0v) is 17.4. The third-order valence-corrected chi connectivity index (χ3v) is 8.74. The molecule has 1 heteroatoms. The highest BCUT2D eigenvalue weighted by Crippen LogP contribution is 2.59. The van der Waals surface area contributed by atoms with Gasteiger partial charge in [-0.15, -0.1) is 0 Å². The number of benzene rings is 1. The molecule has 1 aromatic carbocycles. The van der Waals surface area contributed by atoms with Gasteiger partial charge >= 0.3 is 0 Å². The van der Waals surface area contributed by atoms with Crippen LogP contribution in [0.2, 0.25) is 0 Å². The first kappa shape index (κ1) is 18.7. The Morgan fingerprint density at radius 3 is 2.11 bits per heavy atom. The first-order chi connectivity index (χ1) is 13.8. The molecule has 1 unspecified atom stereocenters. The largest absolute Gasteiger partial charge is 0.330 e. The Morgan fingerprint density at radius 1 is 0.857 bits per heavy atom. The van der Waals surface area contributed by atoms with E-state index in [0.717, 1.165) is 48.5 Å². The summed E-state index contributed by atoms with van der Waals surface area (Å²) in [5.41, 5.74) is 8.86. The highest BCUT2D eigenvalue weighted by atomic mass is 14.6. The van der Waals surface area contributed by atoms with Crippen LogP contribution in [-0.2, 0) is 0 Å². The van der Waals surface area contributed by atoms with Crippen molar-refractivity contribution in [1.29, 1.82) is 0 Å². The zero-order chi connectivity index (χ0) is 18.9. The maximum absolute atomic E-state index is 6.08. The van der Waals surface area contributed by atoms with Gasteiger partial charge in [0.15, 0.2) is 0 Å². The van der Waals surface area contributed by atoms with Crippen LogP contribution < -0.4 is 5.73 Å². The van der Waals surface area contributed by atoms with Gasteiger partial charge in [-0.3, -0.25) is 0 Å². The second-order valence-electron chi connectivity index (χ2n) is 10.5. The van der Waals surface area contributed by atoms with Gasteiger partial charge in [-0.25, -0.2) is 0 Å². The maximum atomic E-state index is 6.08.